The van der Waals surface area contributed by atoms with E-state index >= 15 is 0 Å². The highest BCUT2D eigenvalue weighted by Crippen LogP contribution is 2.22. The Kier molecular flexibility index (Phi) is 4.90. The Hall–Kier alpha value is -1.36. The van der Waals surface area contributed by atoms with Gasteiger partial charge in [0.25, 0.3) is 0 Å². The minimum absolute atomic E-state index is 0.630. The van der Waals surface area contributed by atoms with Crippen molar-refractivity contribution in [3.63, 3.8) is 0 Å². The normalized spacial score (nSPS) is 12.1. The van der Waals surface area contributed by atoms with Crippen molar-refractivity contribution in [2.24, 2.45) is 12.5 Å². The van der Waals surface area contributed by atoms with E-state index in [1.54, 1.807) is 18.5 Å². The third-order valence-corrected chi connectivity index (χ3v) is 3.13. The number of hydrogen-bond donors (Lipinski definition) is 1. The van der Waals surface area contributed by atoms with Gasteiger partial charge in [-0.15, -0.1) is 0 Å². The van der Waals surface area contributed by atoms with Gasteiger partial charge in [-0.2, -0.15) is 5.10 Å². The lowest BCUT2D eigenvalue weighted by atomic mass is 9.88. The summed E-state index contributed by atoms with van der Waals surface area (Å²) in [6, 6.07) is 0. The summed E-state index contributed by atoms with van der Waals surface area (Å²) >= 11 is 0. The molecule has 5 nitrogen and oxygen atoms in total. The number of carboxylic acid groups (broad SMARTS) is 1. The van der Waals surface area contributed by atoms with Crippen LogP contribution in [-0.4, -0.2) is 39.3 Å². The molecule has 1 rings (SSSR count). The van der Waals surface area contributed by atoms with Crippen LogP contribution < -0.4 is 0 Å². The summed E-state index contributed by atoms with van der Waals surface area (Å²) in [6.45, 7) is 5.29. The predicted molar refractivity (Wildman–Crippen MR) is 70.2 cm³/mol. The molecule has 0 aliphatic heterocycles. The maximum absolute atomic E-state index is 11.0. The van der Waals surface area contributed by atoms with E-state index in [-0.39, 0.29) is 0 Å². The van der Waals surface area contributed by atoms with Crippen molar-refractivity contribution in [3.8, 4) is 0 Å². The molecular weight excluding hydrogens is 230 g/mol. The van der Waals surface area contributed by atoms with Crippen LogP contribution in [0.15, 0.2) is 12.4 Å². The van der Waals surface area contributed by atoms with Crippen molar-refractivity contribution in [1.29, 1.82) is 0 Å². The van der Waals surface area contributed by atoms with Crippen LogP contribution in [0.1, 0.15) is 32.3 Å². The average Bonchev–Trinajstić information content (AvgIpc) is 2.63. The quantitative estimate of drug-likeness (QED) is 0.804. The minimum atomic E-state index is -0.725. The van der Waals surface area contributed by atoms with E-state index in [9.17, 15) is 4.79 Å². The smallest absolute Gasteiger partial charge is 0.309 e. The molecular formula is C13H23N3O2. The molecule has 0 aliphatic rings. The Balaban J connectivity index is 2.29. The first-order chi connectivity index (χ1) is 8.31. The molecule has 0 saturated heterocycles. The van der Waals surface area contributed by atoms with Gasteiger partial charge in [0.05, 0.1) is 11.6 Å². The number of hydrogen-bond acceptors (Lipinski definition) is 3. The Morgan fingerprint density at radius 1 is 1.56 bits per heavy atom. The summed E-state index contributed by atoms with van der Waals surface area (Å²) in [7, 11) is 3.94. The fraction of sp³-hybridized carbons (Fsp3) is 0.692. The first-order valence-corrected chi connectivity index (χ1v) is 6.21. The number of aryl methyl sites for hydroxylation is 1. The van der Waals surface area contributed by atoms with E-state index in [1.165, 1.54) is 5.56 Å². The van der Waals surface area contributed by atoms with Crippen LogP contribution >= 0.6 is 0 Å². The van der Waals surface area contributed by atoms with Gasteiger partial charge in [0, 0.05) is 25.4 Å². The molecule has 0 unspecified atom stereocenters. The molecule has 102 valence electrons. The van der Waals surface area contributed by atoms with Crippen LogP contribution in [0.2, 0.25) is 0 Å². The molecule has 0 aromatic carbocycles. The number of rotatable bonds is 7. The molecule has 1 heterocycles. The molecule has 0 saturated carbocycles. The van der Waals surface area contributed by atoms with Gasteiger partial charge in [-0.05, 0) is 40.3 Å². The molecule has 0 amide bonds. The summed E-state index contributed by atoms with van der Waals surface area (Å²) < 4.78 is 1.79. The molecule has 0 radical (unpaired) electrons. The van der Waals surface area contributed by atoms with Gasteiger partial charge in [0.2, 0.25) is 0 Å². The van der Waals surface area contributed by atoms with E-state index in [0.717, 1.165) is 19.5 Å². The average molecular weight is 253 g/mol. The van der Waals surface area contributed by atoms with E-state index in [1.807, 2.05) is 26.5 Å². The number of aromatic nitrogens is 2. The molecule has 1 aromatic rings. The highest BCUT2D eigenvalue weighted by atomic mass is 16.4. The topological polar surface area (TPSA) is 58.4 Å². The van der Waals surface area contributed by atoms with Crippen LogP contribution in [0.25, 0.3) is 0 Å². The molecule has 0 bridgehead atoms. The summed E-state index contributed by atoms with van der Waals surface area (Å²) in [5.74, 6) is -0.725. The van der Waals surface area contributed by atoms with Gasteiger partial charge >= 0.3 is 5.97 Å². The second kappa shape index (κ2) is 6.00. The van der Waals surface area contributed by atoms with Crippen LogP contribution in [0.5, 0.6) is 0 Å². The Morgan fingerprint density at radius 2 is 2.22 bits per heavy atom. The van der Waals surface area contributed by atoms with Gasteiger partial charge in [-0.3, -0.25) is 9.48 Å². The fourth-order valence-electron chi connectivity index (χ4n) is 1.84. The first kappa shape index (κ1) is 14.7. The van der Waals surface area contributed by atoms with E-state index in [0.29, 0.717) is 6.42 Å². The first-order valence-electron chi connectivity index (χ1n) is 6.21. The van der Waals surface area contributed by atoms with Crippen molar-refractivity contribution < 1.29 is 9.90 Å². The van der Waals surface area contributed by atoms with Gasteiger partial charge in [0.15, 0.2) is 0 Å². The lowest BCUT2D eigenvalue weighted by molar-refractivity contribution is -0.147. The maximum Gasteiger partial charge on any atom is 0.309 e. The van der Waals surface area contributed by atoms with Crippen LogP contribution in [0.4, 0.5) is 0 Å². The maximum atomic E-state index is 11.0. The van der Waals surface area contributed by atoms with Crippen molar-refractivity contribution in [3.05, 3.63) is 18.0 Å². The van der Waals surface area contributed by atoms with Crippen LogP contribution in [0, 0.1) is 5.41 Å². The number of carboxylic acids is 1. The standard InChI is InChI=1S/C13H23N3O2/c1-13(2,12(17)18)6-5-7-15(3)9-11-8-14-16(4)10-11/h8,10H,5-7,9H2,1-4H3,(H,17,18). The third-order valence-electron chi connectivity index (χ3n) is 3.13. The molecule has 1 aromatic heterocycles. The highest BCUT2D eigenvalue weighted by Gasteiger charge is 2.26. The second-order valence-corrected chi connectivity index (χ2v) is 5.55. The molecule has 5 heteroatoms. The Morgan fingerprint density at radius 3 is 2.72 bits per heavy atom. The molecule has 0 spiro atoms. The molecule has 1 N–H and O–H groups in total. The SMILES string of the molecule is CN(CCCC(C)(C)C(=O)O)Cc1cnn(C)c1. The van der Waals surface area contributed by atoms with Crippen LogP contribution in [0.3, 0.4) is 0 Å². The van der Waals surface area contributed by atoms with Crippen molar-refractivity contribution in [2.75, 3.05) is 13.6 Å². The lowest BCUT2D eigenvalue weighted by Gasteiger charge is -2.21. The number of carbonyl (C=O) groups is 1. The van der Waals surface area contributed by atoms with Crippen molar-refractivity contribution >= 4 is 5.97 Å². The zero-order chi connectivity index (χ0) is 13.8. The van der Waals surface area contributed by atoms with E-state index in [2.05, 4.69) is 10.00 Å². The van der Waals surface area contributed by atoms with Gasteiger partial charge in [0.1, 0.15) is 0 Å². The number of nitrogens with zero attached hydrogens (tertiary/aromatic N) is 3. The Labute approximate surface area is 108 Å². The summed E-state index contributed by atoms with van der Waals surface area (Å²) in [5, 5.41) is 13.1. The van der Waals surface area contributed by atoms with E-state index in [4.69, 9.17) is 5.11 Å². The van der Waals surface area contributed by atoms with Gasteiger partial charge in [-0.25, -0.2) is 0 Å². The van der Waals surface area contributed by atoms with Crippen molar-refractivity contribution in [2.45, 2.75) is 33.2 Å². The molecule has 0 fully saturated rings. The van der Waals surface area contributed by atoms with Gasteiger partial charge in [-0.1, -0.05) is 0 Å². The largest absolute Gasteiger partial charge is 0.481 e. The predicted octanol–water partition coefficient (Wildman–Crippen LogP) is 1.74. The lowest BCUT2D eigenvalue weighted by Crippen LogP contribution is -2.26. The molecule has 0 aliphatic carbocycles. The summed E-state index contributed by atoms with van der Waals surface area (Å²) in [5.41, 5.74) is 0.548. The number of aliphatic carboxylic acids is 1. The summed E-state index contributed by atoms with van der Waals surface area (Å²) in [4.78, 5) is 13.2. The fourth-order valence-corrected chi connectivity index (χ4v) is 1.84. The highest BCUT2D eigenvalue weighted by molar-refractivity contribution is 5.73. The molecule has 18 heavy (non-hydrogen) atoms. The second-order valence-electron chi connectivity index (χ2n) is 5.55. The van der Waals surface area contributed by atoms with Crippen LogP contribution in [-0.2, 0) is 18.4 Å². The zero-order valence-electron chi connectivity index (χ0n) is 11.7. The monoisotopic (exact) mass is 253 g/mol. The van der Waals surface area contributed by atoms with Gasteiger partial charge < -0.3 is 10.0 Å². The summed E-state index contributed by atoms with van der Waals surface area (Å²) in [6.07, 6.45) is 5.44. The van der Waals surface area contributed by atoms with Crippen molar-refractivity contribution in [1.82, 2.24) is 14.7 Å². The Bertz CT molecular complexity index is 399. The molecule has 0 atom stereocenters. The minimum Gasteiger partial charge on any atom is -0.481 e. The third kappa shape index (κ3) is 4.49. The van der Waals surface area contributed by atoms with E-state index < -0.39 is 11.4 Å². The zero-order valence-corrected chi connectivity index (χ0v) is 11.7.